The van der Waals surface area contributed by atoms with Gasteiger partial charge in [0.1, 0.15) is 5.82 Å². The summed E-state index contributed by atoms with van der Waals surface area (Å²) in [6.07, 6.45) is 5.61. The Labute approximate surface area is 89.9 Å². The molecule has 0 amide bonds. The predicted molar refractivity (Wildman–Crippen MR) is 58.4 cm³/mol. The lowest BCUT2D eigenvalue weighted by Gasteiger charge is -2.14. The molecule has 0 fully saturated rings. The quantitative estimate of drug-likeness (QED) is 0.431. The van der Waals surface area contributed by atoms with E-state index in [2.05, 4.69) is 17.3 Å². The third-order valence-electron chi connectivity index (χ3n) is 2.40. The van der Waals surface area contributed by atoms with Gasteiger partial charge in [-0.2, -0.15) is 0 Å². The van der Waals surface area contributed by atoms with E-state index in [1.165, 1.54) is 25.1 Å². The molecule has 0 aliphatic carbocycles. The van der Waals surface area contributed by atoms with Crippen LogP contribution >= 0.6 is 0 Å². The van der Waals surface area contributed by atoms with E-state index < -0.39 is 0 Å². The van der Waals surface area contributed by atoms with E-state index in [9.17, 15) is 4.39 Å². The van der Waals surface area contributed by atoms with Gasteiger partial charge in [-0.25, -0.2) is 4.39 Å². The second-order valence-corrected chi connectivity index (χ2v) is 3.62. The molecule has 1 heterocycles. The van der Waals surface area contributed by atoms with Crippen LogP contribution in [0, 0.1) is 5.82 Å². The summed E-state index contributed by atoms with van der Waals surface area (Å²) in [6, 6.07) is 3.11. The van der Waals surface area contributed by atoms with Gasteiger partial charge in [0.25, 0.3) is 0 Å². The average Bonchev–Trinajstić information content (AvgIpc) is 2.26. The van der Waals surface area contributed by atoms with Crippen molar-refractivity contribution in [3.63, 3.8) is 0 Å². The van der Waals surface area contributed by atoms with E-state index in [1.807, 2.05) is 0 Å². The van der Waals surface area contributed by atoms with Crippen molar-refractivity contribution in [2.24, 2.45) is 5.84 Å². The fraction of sp³-hybridized carbons (Fsp3) is 0.545. The van der Waals surface area contributed by atoms with Crippen LogP contribution in [-0.4, -0.2) is 4.98 Å². The lowest BCUT2D eigenvalue weighted by Crippen LogP contribution is -2.28. The van der Waals surface area contributed by atoms with Crippen LogP contribution in [0.2, 0.25) is 0 Å². The standard InChI is InChI=1S/C11H18FN3/c1-2-3-4-5-11(15-13)10-7-6-9(12)8-14-10/h6-8,11,15H,2-5,13H2,1H3. The number of pyridine rings is 1. The molecule has 0 spiro atoms. The molecular formula is C11H18FN3. The highest BCUT2D eigenvalue weighted by atomic mass is 19.1. The third kappa shape index (κ3) is 3.93. The van der Waals surface area contributed by atoms with Crippen molar-refractivity contribution in [3.8, 4) is 0 Å². The van der Waals surface area contributed by atoms with Crippen LogP contribution in [0.3, 0.4) is 0 Å². The normalized spacial score (nSPS) is 12.7. The number of nitrogens with two attached hydrogens (primary N) is 1. The van der Waals surface area contributed by atoms with Crippen molar-refractivity contribution in [1.29, 1.82) is 0 Å². The highest BCUT2D eigenvalue weighted by Gasteiger charge is 2.10. The summed E-state index contributed by atoms with van der Waals surface area (Å²) in [7, 11) is 0. The SMILES string of the molecule is CCCCCC(NN)c1ccc(F)cn1. The molecule has 84 valence electrons. The number of nitrogens with one attached hydrogen (secondary N) is 1. The summed E-state index contributed by atoms with van der Waals surface area (Å²) in [4.78, 5) is 4.01. The molecule has 1 unspecified atom stereocenters. The summed E-state index contributed by atoms with van der Waals surface area (Å²) >= 11 is 0. The zero-order valence-electron chi connectivity index (χ0n) is 9.04. The molecule has 0 radical (unpaired) electrons. The number of unbranched alkanes of at least 4 members (excludes halogenated alkanes) is 2. The maximum Gasteiger partial charge on any atom is 0.141 e. The third-order valence-corrected chi connectivity index (χ3v) is 2.40. The second kappa shape index (κ2) is 6.48. The number of rotatable bonds is 6. The van der Waals surface area contributed by atoms with Crippen molar-refractivity contribution in [3.05, 3.63) is 29.8 Å². The average molecular weight is 211 g/mol. The maximum absolute atomic E-state index is 12.6. The van der Waals surface area contributed by atoms with Crippen molar-refractivity contribution in [2.45, 2.75) is 38.6 Å². The van der Waals surface area contributed by atoms with Crippen molar-refractivity contribution >= 4 is 0 Å². The Morgan fingerprint density at radius 2 is 2.27 bits per heavy atom. The van der Waals surface area contributed by atoms with Gasteiger partial charge in [-0.3, -0.25) is 16.3 Å². The Kier molecular flexibility index (Phi) is 5.21. The minimum Gasteiger partial charge on any atom is -0.271 e. The summed E-state index contributed by atoms with van der Waals surface area (Å²) in [5.74, 6) is 5.12. The summed E-state index contributed by atoms with van der Waals surface area (Å²) < 4.78 is 12.6. The minimum atomic E-state index is -0.317. The molecule has 1 rings (SSSR count). The van der Waals surface area contributed by atoms with Gasteiger partial charge >= 0.3 is 0 Å². The molecule has 3 nitrogen and oxygen atoms in total. The second-order valence-electron chi connectivity index (χ2n) is 3.62. The Morgan fingerprint density at radius 1 is 1.47 bits per heavy atom. The van der Waals surface area contributed by atoms with E-state index in [-0.39, 0.29) is 11.9 Å². The van der Waals surface area contributed by atoms with Gasteiger partial charge in [0.05, 0.1) is 17.9 Å². The molecule has 0 aliphatic rings. The zero-order valence-corrected chi connectivity index (χ0v) is 9.04. The van der Waals surface area contributed by atoms with Gasteiger partial charge in [0.15, 0.2) is 0 Å². The minimum absolute atomic E-state index is 0.0251. The van der Waals surface area contributed by atoms with Gasteiger partial charge in [0, 0.05) is 0 Å². The van der Waals surface area contributed by atoms with Crippen LogP contribution in [0.25, 0.3) is 0 Å². The molecule has 15 heavy (non-hydrogen) atoms. The van der Waals surface area contributed by atoms with E-state index in [1.54, 1.807) is 6.07 Å². The highest BCUT2D eigenvalue weighted by molar-refractivity contribution is 5.09. The maximum atomic E-state index is 12.6. The molecule has 1 atom stereocenters. The van der Waals surface area contributed by atoms with E-state index in [0.29, 0.717) is 0 Å². The first-order chi connectivity index (χ1) is 7.27. The summed E-state index contributed by atoms with van der Waals surface area (Å²) in [5.41, 5.74) is 3.51. The molecule has 1 aromatic rings. The van der Waals surface area contributed by atoms with Crippen LogP contribution in [0.1, 0.15) is 44.3 Å². The molecule has 0 saturated carbocycles. The first kappa shape index (κ1) is 12.1. The Bertz CT molecular complexity index is 274. The Hall–Kier alpha value is -1.00. The van der Waals surface area contributed by atoms with Crippen LogP contribution in [-0.2, 0) is 0 Å². The van der Waals surface area contributed by atoms with Gasteiger partial charge in [-0.1, -0.05) is 26.2 Å². The fourth-order valence-electron chi connectivity index (χ4n) is 1.51. The number of nitrogens with zero attached hydrogens (tertiary/aromatic N) is 1. The molecule has 4 heteroatoms. The zero-order chi connectivity index (χ0) is 11.1. The predicted octanol–water partition coefficient (Wildman–Crippen LogP) is 2.31. The van der Waals surface area contributed by atoms with Crippen molar-refractivity contribution < 1.29 is 4.39 Å². The topological polar surface area (TPSA) is 50.9 Å². The van der Waals surface area contributed by atoms with Gasteiger partial charge < -0.3 is 0 Å². The summed E-state index contributed by atoms with van der Waals surface area (Å²) in [5, 5.41) is 0. The van der Waals surface area contributed by atoms with Crippen LogP contribution in [0.15, 0.2) is 18.3 Å². The fourth-order valence-corrected chi connectivity index (χ4v) is 1.51. The smallest absolute Gasteiger partial charge is 0.141 e. The first-order valence-corrected chi connectivity index (χ1v) is 5.35. The number of halogens is 1. The highest BCUT2D eigenvalue weighted by Crippen LogP contribution is 2.16. The largest absolute Gasteiger partial charge is 0.271 e. The first-order valence-electron chi connectivity index (χ1n) is 5.35. The van der Waals surface area contributed by atoms with Crippen molar-refractivity contribution in [1.82, 2.24) is 10.4 Å². The molecule has 0 aromatic carbocycles. The van der Waals surface area contributed by atoms with E-state index in [4.69, 9.17) is 5.84 Å². The number of hydrogen-bond donors (Lipinski definition) is 2. The molecule has 0 saturated heterocycles. The van der Waals surface area contributed by atoms with E-state index in [0.717, 1.165) is 18.5 Å². The molecule has 0 bridgehead atoms. The van der Waals surface area contributed by atoms with Gasteiger partial charge in [0.2, 0.25) is 0 Å². The monoisotopic (exact) mass is 211 g/mol. The van der Waals surface area contributed by atoms with Crippen molar-refractivity contribution in [2.75, 3.05) is 0 Å². The lowest BCUT2D eigenvalue weighted by molar-refractivity contribution is 0.475. The van der Waals surface area contributed by atoms with Crippen LogP contribution in [0.4, 0.5) is 4.39 Å². The Balaban J connectivity index is 2.53. The Morgan fingerprint density at radius 3 is 2.80 bits per heavy atom. The van der Waals surface area contributed by atoms with Crippen LogP contribution < -0.4 is 11.3 Å². The summed E-state index contributed by atoms with van der Waals surface area (Å²) in [6.45, 7) is 2.15. The van der Waals surface area contributed by atoms with E-state index >= 15 is 0 Å². The number of hydrogen-bond acceptors (Lipinski definition) is 3. The van der Waals surface area contributed by atoms with Crippen LogP contribution in [0.5, 0.6) is 0 Å². The lowest BCUT2D eigenvalue weighted by atomic mass is 10.1. The molecular weight excluding hydrogens is 193 g/mol. The van der Waals surface area contributed by atoms with Gasteiger partial charge in [-0.05, 0) is 18.6 Å². The molecule has 1 aromatic heterocycles. The molecule has 0 aliphatic heterocycles. The number of aromatic nitrogens is 1. The number of hydrazine groups is 1. The molecule has 3 N–H and O–H groups in total. The van der Waals surface area contributed by atoms with Gasteiger partial charge in [-0.15, -0.1) is 0 Å².